The lowest BCUT2D eigenvalue weighted by Crippen LogP contribution is -2.14. The summed E-state index contributed by atoms with van der Waals surface area (Å²) in [6, 6.07) is 8.43. The number of aryl methyl sites for hydroxylation is 3. The van der Waals surface area contributed by atoms with Gasteiger partial charge in [-0.3, -0.25) is 0 Å². The number of esters is 1. The third-order valence-electron chi connectivity index (χ3n) is 4.36. The summed E-state index contributed by atoms with van der Waals surface area (Å²) in [4.78, 5) is 18.9. The van der Waals surface area contributed by atoms with Gasteiger partial charge in [-0.2, -0.15) is 0 Å². The molecule has 26 heavy (non-hydrogen) atoms. The Hall–Kier alpha value is -2.69. The summed E-state index contributed by atoms with van der Waals surface area (Å²) in [6.07, 6.45) is 1.76. The molecule has 138 valence electrons. The largest absolute Gasteiger partial charge is 0.457 e. The number of halogens is 1. The zero-order valence-electron chi connectivity index (χ0n) is 16.0. The highest BCUT2D eigenvalue weighted by atomic mass is 19.1. The molecule has 0 aliphatic carbocycles. The number of hydrogen-bond donors (Lipinski definition) is 0. The van der Waals surface area contributed by atoms with Crippen LogP contribution in [-0.2, 0) is 11.3 Å². The van der Waals surface area contributed by atoms with Crippen LogP contribution in [-0.4, -0.2) is 30.8 Å². The van der Waals surface area contributed by atoms with Crippen LogP contribution in [0.2, 0.25) is 0 Å². The molecule has 2 aromatic rings. The van der Waals surface area contributed by atoms with Gasteiger partial charge in [-0.05, 0) is 62.6 Å². The zero-order valence-corrected chi connectivity index (χ0v) is 16.0. The molecule has 0 radical (unpaired) electrons. The Bertz CT molecular complexity index is 811. The summed E-state index contributed by atoms with van der Waals surface area (Å²) in [5, 5.41) is 0. The summed E-state index contributed by atoms with van der Waals surface area (Å²) in [7, 11) is 1.95. The van der Waals surface area contributed by atoms with Crippen molar-refractivity contribution in [2.24, 2.45) is 4.99 Å². The monoisotopic (exact) mass is 356 g/mol. The van der Waals surface area contributed by atoms with E-state index in [0.29, 0.717) is 11.1 Å². The van der Waals surface area contributed by atoms with Crippen molar-refractivity contribution < 1.29 is 13.9 Å². The smallest absolute Gasteiger partial charge is 0.338 e. The second-order valence-corrected chi connectivity index (χ2v) is 6.38. The standard InChI is InChI=1S/C21H25FN2O2/c1-6-24(5)13-23-20-11-15(3)17(10-16(20)4)21(25)26-12-18-14(2)8-7-9-19(18)22/h7-11,13H,6,12H2,1-5H3. The number of ether oxygens (including phenoxy) is 1. The average molecular weight is 356 g/mol. The second kappa shape index (κ2) is 8.61. The Labute approximate surface area is 154 Å². The molecule has 5 heteroatoms. The molecule has 0 N–H and O–H groups in total. The van der Waals surface area contributed by atoms with E-state index in [0.717, 1.165) is 28.9 Å². The van der Waals surface area contributed by atoms with Gasteiger partial charge in [0.15, 0.2) is 0 Å². The molecule has 0 saturated carbocycles. The lowest BCUT2D eigenvalue weighted by atomic mass is 10.0. The first-order valence-electron chi connectivity index (χ1n) is 8.60. The number of nitrogens with zero attached hydrogens (tertiary/aromatic N) is 2. The highest BCUT2D eigenvalue weighted by molar-refractivity contribution is 5.92. The number of hydrogen-bond acceptors (Lipinski definition) is 3. The van der Waals surface area contributed by atoms with E-state index < -0.39 is 5.97 Å². The first-order valence-corrected chi connectivity index (χ1v) is 8.60. The van der Waals surface area contributed by atoms with Crippen LogP contribution in [0, 0.1) is 26.6 Å². The lowest BCUT2D eigenvalue weighted by molar-refractivity contribution is 0.0467. The minimum Gasteiger partial charge on any atom is -0.457 e. The zero-order chi connectivity index (χ0) is 19.3. The molecule has 0 amide bonds. The molecule has 2 rings (SSSR count). The molecule has 0 aliphatic heterocycles. The predicted octanol–water partition coefficient (Wildman–Crippen LogP) is 4.72. The Morgan fingerprint density at radius 3 is 2.58 bits per heavy atom. The molecule has 0 fully saturated rings. The highest BCUT2D eigenvalue weighted by Crippen LogP contribution is 2.24. The fourth-order valence-electron chi connectivity index (χ4n) is 2.47. The quantitative estimate of drug-likeness (QED) is 0.427. The highest BCUT2D eigenvalue weighted by Gasteiger charge is 2.15. The lowest BCUT2D eigenvalue weighted by Gasteiger charge is -2.12. The molecule has 2 aromatic carbocycles. The molecule has 0 aliphatic rings. The Morgan fingerprint density at radius 2 is 1.92 bits per heavy atom. The van der Waals surface area contributed by atoms with E-state index in [1.54, 1.807) is 31.5 Å². The molecule has 0 saturated heterocycles. The number of rotatable bonds is 6. The van der Waals surface area contributed by atoms with Crippen molar-refractivity contribution >= 4 is 18.0 Å². The van der Waals surface area contributed by atoms with Gasteiger partial charge in [0, 0.05) is 19.2 Å². The third-order valence-corrected chi connectivity index (χ3v) is 4.36. The van der Waals surface area contributed by atoms with Crippen molar-refractivity contribution in [3.63, 3.8) is 0 Å². The van der Waals surface area contributed by atoms with Gasteiger partial charge < -0.3 is 9.64 Å². The van der Waals surface area contributed by atoms with Crippen LogP contribution in [0.1, 0.15) is 39.5 Å². The van der Waals surface area contributed by atoms with E-state index in [2.05, 4.69) is 4.99 Å². The molecule has 4 nitrogen and oxygen atoms in total. The van der Waals surface area contributed by atoms with Crippen LogP contribution in [0.3, 0.4) is 0 Å². The summed E-state index contributed by atoms with van der Waals surface area (Å²) in [6.45, 7) is 8.35. The molecule has 0 spiro atoms. The first kappa shape index (κ1) is 19.6. The van der Waals surface area contributed by atoms with Crippen LogP contribution in [0.15, 0.2) is 35.3 Å². The van der Waals surface area contributed by atoms with Crippen LogP contribution in [0.5, 0.6) is 0 Å². The van der Waals surface area contributed by atoms with Gasteiger partial charge in [-0.15, -0.1) is 0 Å². The van der Waals surface area contributed by atoms with Gasteiger partial charge in [-0.1, -0.05) is 12.1 Å². The molecule has 0 atom stereocenters. The fraction of sp³-hybridized carbons (Fsp3) is 0.333. The van der Waals surface area contributed by atoms with Crippen LogP contribution in [0.4, 0.5) is 10.1 Å². The number of carbonyl (C=O) groups is 1. The summed E-state index contributed by atoms with van der Waals surface area (Å²) in [5.74, 6) is -0.829. The van der Waals surface area contributed by atoms with Gasteiger partial charge in [0.1, 0.15) is 12.4 Å². The van der Waals surface area contributed by atoms with E-state index in [1.807, 2.05) is 38.8 Å². The van der Waals surface area contributed by atoms with Crippen LogP contribution >= 0.6 is 0 Å². The van der Waals surface area contributed by atoms with Gasteiger partial charge in [0.25, 0.3) is 0 Å². The van der Waals surface area contributed by atoms with Gasteiger partial charge in [0.05, 0.1) is 17.6 Å². The summed E-state index contributed by atoms with van der Waals surface area (Å²) < 4.78 is 19.2. The number of aliphatic imine (C=N–C) groups is 1. The molecule has 0 unspecified atom stereocenters. The summed E-state index contributed by atoms with van der Waals surface area (Å²) in [5.41, 5.74) is 4.10. The van der Waals surface area contributed by atoms with E-state index in [4.69, 9.17) is 4.74 Å². The SMILES string of the molecule is CCN(C)C=Nc1cc(C)c(C(=O)OCc2c(C)cccc2F)cc1C. The van der Waals surface area contributed by atoms with E-state index in [-0.39, 0.29) is 12.4 Å². The van der Waals surface area contributed by atoms with Crippen LogP contribution in [0.25, 0.3) is 0 Å². The normalized spacial score (nSPS) is 11.0. The molecule has 0 heterocycles. The maximum Gasteiger partial charge on any atom is 0.338 e. The maximum absolute atomic E-state index is 13.9. The van der Waals surface area contributed by atoms with Crippen molar-refractivity contribution in [2.45, 2.75) is 34.3 Å². The maximum atomic E-state index is 13.9. The van der Waals surface area contributed by atoms with E-state index in [9.17, 15) is 9.18 Å². The average Bonchev–Trinajstić information content (AvgIpc) is 2.61. The predicted molar refractivity (Wildman–Crippen MR) is 103 cm³/mol. The number of benzene rings is 2. The topological polar surface area (TPSA) is 41.9 Å². The number of carbonyl (C=O) groups excluding carboxylic acids is 1. The van der Waals surface area contributed by atoms with Gasteiger partial charge in [0.2, 0.25) is 0 Å². The minimum atomic E-state index is -0.463. The molecule has 0 bridgehead atoms. The first-order chi connectivity index (χ1) is 12.3. The molecular formula is C21H25FN2O2. The van der Waals surface area contributed by atoms with Crippen molar-refractivity contribution in [1.29, 1.82) is 0 Å². The Kier molecular flexibility index (Phi) is 6.50. The molecular weight excluding hydrogens is 331 g/mol. The van der Waals surface area contributed by atoms with Crippen molar-refractivity contribution in [1.82, 2.24) is 4.90 Å². The third kappa shape index (κ3) is 4.69. The van der Waals surface area contributed by atoms with Crippen molar-refractivity contribution in [2.75, 3.05) is 13.6 Å². The van der Waals surface area contributed by atoms with E-state index in [1.165, 1.54) is 6.07 Å². The van der Waals surface area contributed by atoms with Crippen molar-refractivity contribution in [3.8, 4) is 0 Å². The van der Waals surface area contributed by atoms with Gasteiger partial charge in [-0.25, -0.2) is 14.2 Å². The van der Waals surface area contributed by atoms with Crippen LogP contribution < -0.4 is 0 Å². The fourth-order valence-corrected chi connectivity index (χ4v) is 2.47. The Balaban J connectivity index is 2.17. The second-order valence-electron chi connectivity index (χ2n) is 6.38. The van der Waals surface area contributed by atoms with E-state index >= 15 is 0 Å². The Morgan fingerprint density at radius 1 is 1.19 bits per heavy atom. The van der Waals surface area contributed by atoms with Gasteiger partial charge >= 0.3 is 5.97 Å². The summed E-state index contributed by atoms with van der Waals surface area (Å²) >= 11 is 0. The molecule has 0 aromatic heterocycles. The minimum absolute atomic E-state index is 0.0863. The van der Waals surface area contributed by atoms with Crippen molar-refractivity contribution in [3.05, 3.63) is 64.0 Å².